The van der Waals surface area contributed by atoms with Gasteiger partial charge in [-0.05, 0) is 37.0 Å². The zero-order chi connectivity index (χ0) is 16.7. The maximum absolute atomic E-state index is 13.3. The van der Waals surface area contributed by atoms with Crippen LogP contribution in [0.2, 0.25) is 0 Å². The monoisotopic (exact) mass is 451 g/mol. The van der Waals surface area contributed by atoms with Crippen molar-refractivity contribution in [2.24, 2.45) is 10.4 Å². The third-order valence-corrected chi connectivity index (χ3v) is 4.36. The van der Waals surface area contributed by atoms with Crippen molar-refractivity contribution in [1.29, 1.82) is 0 Å². The number of nitrogens with one attached hydrogen (secondary N) is 2. The maximum Gasteiger partial charge on any atom is 0.191 e. The van der Waals surface area contributed by atoms with E-state index in [1.165, 1.54) is 6.07 Å². The molecule has 1 aliphatic rings. The fraction of sp³-hybridized carbons (Fsp3) is 0.588. The summed E-state index contributed by atoms with van der Waals surface area (Å²) in [5.41, 5.74) is 1.61. The van der Waals surface area contributed by atoms with E-state index in [4.69, 9.17) is 4.74 Å². The molecule has 0 spiro atoms. The first-order valence-electron chi connectivity index (χ1n) is 7.97. The number of ether oxygens (including phenoxy) is 1. The molecule has 5 nitrogen and oxygen atoms in total. The number of hydrogen-bond acceptors (Lipinski definition) is 3. The molecule has 0 aromatic heterocycles. The Morgan fingerprint density at radius 3 is 2.79 bits per heavy atom. The molecule has 3 N–H and O–H groups in total. The topological polar surface area (TPSA) is 65.9 Å². The summed E-state index contributed by atoms with van der Waals surface area (Å²) in [6.45, 7) is 4.59. The second-order valence-electron chi connectivity index (χ2n) is 6.14. The number of nitrogens with zero attached hydrogens (tertiary/aromatic N) is 1. The Bertz CT molecular complexity index is 549. The summed E-state index contributed by atoms with van der Waals surface area (Å²) >= 11 is 0. The fourth-order valence-electron chi connectivity index (χ4n) is 2.81. The second-order valence-corrected chi connectivity index (χ2v) is 6.14. The fourth-order valence-corrected chi connectivity index (χ4v) is 2.81. The van der Waals surface area contributed by atoms with Crippen LogP contribution in [0.1, 0.15) is 24.0 Å². The third kappa shape index (κ3) is 5.86. The molecule has 24 heavy (non-hydrogen) atoms. The van der Waals surface area contributed by atoms with Crippen molar-refractivity contribution < 1.29 is 14.2 Å². The Morgan fingerprint density at radius 2 is 2.21 bits per heavy atom. The first-order chi connectivity index (χ1) is 11.1. The maximum atomic E-state index is 13.3. The van der Waals surface area contributed by atoms with Crippen molar-refractivity contribution in [3.8, 4) is 0 Å². The van der Waals surface area contributed by atoms with Crippen LogP contribution in [0.4, 0.5) is 4.39 Å². The van der Waals surface area contributed by atoms with Crippen LogP contribution in [-0.2, 0) is 11.3 Å². The van der Waals surface area contributed by atoms with E-state index >= 15 is 0 Å². The van der Waals surface area contributed by atoms with Crippen LogP contribution in [0, 0.1) is 18.2 Å². The van der Waals surface area contributed by atoms with Crippen LogP contribution in [0.15, 0.2) is 23.2 Å². The molecule has 1 atom stereocenters. The van der Waals surface area contributed by atoms with E-state index in [-0.39, 0.29) is 41.8 Å². The molecule has 7 heteroatoms. The molecule has 1 aromatic carbocycles. The molecule has 136 valence electrons. The van der Waals surface area contributed by atoms with Crippen molar-refractivity contribution in [1.82, 2.24) is 10.6 Å². The summed E-state index contributed by atoms with van der Waals surface area (Å²) < 4.78 is 18.8. The predicted molar refractivity (Wildman–Crippen MR) is 104 cm³/mol. The molecular formula is C17H27FIN3O2. The minimum Gasteiger partial charge on any atom is -0.396 e. The number of aryl methyl sites for hydroxylation is 1. The summed E-state index contributed by atoms with van der Waals surface area (Å²) in [6.07, 6.45) is 1.66. The minimum atomic E-state index is -0.191. The normalized spacial score (nSPS) is 20.6. The molecule has 1 unspecified atom stereocenters. The minimum absolute atomic E-state index is 0. The number of aliphatic hydroxyl groups excluding tert-OH is 1. The lowest BCUT2D eigenvalue weighted by Crippen LogP contribution is -2.44. The van der Waals surface area contributed by atoms with Gasteiger partial charge in [0.1, 0.15) is 5.82 Å². The van der Waals surface area contributed by atoms with Gasteiger partial charge in [0.2, 0.25) is 0 Å². The van der Waals surface area contributed by atoms with E-state index in [1.54, 1.807) is 20.0 Å². The lowest BCUT2D eigenvalue weighted by atomic mass is 9.84. The van der Waals surface area contributed by atoms with E-state index in [0.717, 1.165) is 18.6 Å². The van der Waals surface area contributed by atoms with Crippen molar-refractivity contribution in [3.63, 3.8) is 0 Å². The molecule has 1 fully saturated rings. The highest BCUT2D eigenvalue weighted by atomic mass is 127. The first-order valence-corrected chi connectivity index (χ1v) is 7.97. The number of benzene rings is 1. The summed E-state index contributed by atoms with van der Waals surface area (Å²) in [7, 11) is 1.72. The molecule has 2 rings (SSSR count). The van der Waals surface area contributed by atoms with E-state index in [2.05, 4.69) is 15.6 Å². The molecule has 0 amide bonds. The van der Waals surface area contributed by atoms with Gasteiger partial charge >= 0.3 is 0 Å². The van der Waals surface area contributed by atoms with Crippen LogP contribution in [0.25, 0.3) is 0 Å². The molecule has 0 bridgehead atoms. The highest BCUT2D eigenvalue weighted by molar-refractivity contribution is 14.0. The van der Waals surface area contributed by atoms with Gasteiger partial charge in [-0.25, -0.2) is 4.39 Å². The van der Waals surface area contributed by atoms with Crippen LogP contribution in [0.3, 0.4) is 0 Å². The Kier molecular flexibility index (Phi) is 8.93. The number of rotatable bonds is 6. The highest BCUT2D eigenvalue weighted by Gasteiger charge is 2.34. The van der Waals surface area contributed by atoms with Gasteiger partial charge in [0, 0.05) is 38.8 Å². The SMILES string of the molecule is CN=C(NCc1ccc(F)c(C)c1)NCC1(CCO)CCOC1.I. The number of guanidine groups is 1. The van der Waals surface area contributed by atoms with Crippen LogP contribution in [-0.4, -0.2) is 44.5 Å². The molecule has 1 aliphatic heterocycles. The highest BCUT2D eigenvalue weighted by Crippen LogP contribution is 2.31. The number of hydrogen-bond donors (Lipinski definition) is 3. The van der Waals surface area contributed by atoms with Crippen molar-refractivity contribution in [2.75, 3.05) is 33.4 Å². The molecular weight excluding hydrogens is 424 g/mol. The molecule has 0 radical (unpaired) electrons. The summed E-state index contributed by atoms with van der Waals surface area (Å²) in [4.78, 5) is 4.21. The van der Waals surface area contributed by atoms with Crippen LogP contribution >= 0.6 is 24.0 Å². The number of aliphatic imine (C=N–C) groups is 1. The zero-order valence-electron chi connectivity index (χ0n) is 14.3. The van der Waals surface area contributed by atoms with E-state index < -0.39 is 0 Å². The smallest absolute Gasteiger partial charge is 0.191 e. The molecule has 0 saturated carbocycles. The van der Waals surface area contributed by atoms with Crippen molar-refractivity contribution in [2.45, 2.75) is 26.3 Å². The van der Waals surface area contributed by atoms with Crippen LogP contribution in [0.5, 0.6) is 0 Å². The average molecular weight is 451 g/mol. The first kappa shape index (κ1) is 21.1. The van der Waals surface area contributed by atoms with Crippen molar-refractivity contribution in [3.05, 3.63) is 35.1 Å². The predicted octanol–water partition coefficient (Wildman–Crippen LogP) is 2.21. The number of halogens is 2. The summed E-state index contributed by atoms with van der Waals surface area (Å²) in [6, 6.07) is 5.07. The van der Waals surface area contributed by atoms with Gasteiger partial charge in [0.15, 0.2) is 5.96 Å². The van der Waals surface area contributed by atoms with E-state index in [0.29, 0.717) is 37.6 Å². The molecule has 1 aromatic rings. The van der Waals surface area contributed by atoms with Gasteiger partial charge < -0.3 is 20.5 Å². The Hall–Kier alpha value is -0.930. The number of aliphatic hydroxyl groups is 1. The van der Waals surface area contributed by atoms with E-state index in [1.807, 2.05) is 6.07 Å². The third-order valence-electron chi connectivity index (χ3n) is 4.36. The summed E-state index contributed by atoms with van der Waals surface area (Å²) in [5.74, 6) is 0.500. The van der Waals surface area contributed by atoms with Crippen LogP contribution < -0.4 is 10.6 Å². The van der Waals surface area contributed by atoms with Gasteiger partial charge in [0.25, 0.3) is 0 Å². The molecule has 0 aliphatic carbocycles. The van der Waals surface area contributed by atoms with Gasteiger partial charge in [-0.3, -0.25) is 4.99 Å². The Morgan fingerprint density at radius 1 is 1.42 bits per heavy atom. The van der Waals surface area contributed by atoms with Gasteiger partial charge in [0.05, 0.1) is 6.61 Å². The second kappa shape index (κ2) is 10.1. The lowest BCUT2D eigenvalue weighted by molar-refractivity contribution is 0.127. The zero-order valence-corrected chi connectivity index (χ0v) is 16.6. The van der Waals surface area contributed by atoms with E-state index in [9.17, 15) is 9.50 Å². The Balaban J connectivity index is 0.00000288. The largest absolute Gasteiger partial charge is 0.396 e. The summed E-state index contributed by atoms with van der Waals surface area (Å²) in [5, 5.41) is 15.8. The molecule has 1 saturated heterocycles. The quantitative estimate of drug-likeness (QED) is 0.353. The lowest BCUT2D eigenvalue weighted by Gasteiger charge is -2.27. The molecule has 1 heterocycles. The van der Waals surface area contributed by atoms with Gasteiger partial charge in [-0.1, -0.05) is 12.1 Å². The standard InChI is InChI=1S/C17H26FN3O2.HI/c1-13-9-14(3-4-15(13)18)10-20-16(19-2)21-11-17(5-7-22)6-8-23-12-17;/h3-4,9,22H,5-8,10-12H2,1-2H3,(H2,19,20,21);1H. The average Bonchev–Trinajstić information content (AvgIpc) is 3.00. The van der Waals surface area contributed by atoms with Gasteiger partial charge in [-0.15, -0.1) is 24.0 Å². The Labute approximate surface area is 160 Å². The van der Waals surface area contributed by atoms with Gasteiger partial charge in [-0.2, -0.15) is 0 Å². The van der Waals surface area contributed by atoms with Crippen molar-refractivity contribution >= 4 is 29.9 Å².